The van der Waals surface area contributed by atoms with Crippen molar-refractivity contribution in [3.05, 3.63) is 0 Å². The normalized spacial score (nSPS) is 33.6. The molecule has 2 heteroatoms. The van der Waals surface area contributed by atoms with Gasteiger partial charge in [0.05, 0.1) is 0 Å². The summed E-state index contributed by atoms with van der Waals surface area (Å²) in [7, 11) is 0. The lowest BCUT2D eigenvalue weighted by Crippen LogP contribution is -2.53. The lowest BCUT2D eigenvalue weighted by atomic mass is 9.79. The zero-order valence-electron chi connectivity index (χ0n) is 15.4. The van der Waals surface area contributed by atoms with E-state index in [4.69, 9.17) is 0 Å². The molecule has 2 fully saturated rings. The summed E-state index contributed by atoms with van der Waals surface area (Å²) in [5.74, 6) is 0.916. The molecular formula is C19H38N2. The van der Waals surface area contributed by atoms with Gasteiger partial charge in [-0.2, -0.15) is 0 Å². The van der Waals surface area contributed by atoms with E-state index in [1.165, 1.54) is 51.6 Å². The van der Waals surface area contributed by atoms with Crippen LogP contribution < -0.4 is 0 Å². The second-order valence-corrected chi connectivity index (χ2v) is 8.63. The van der Waals surface area contributed by atoms with E-state index in [2.05, 4.69) is 51.3 Å². The van der Waals surface area contributed by atoms with Gasteiger partial charge in [-0.25, -0.2) is 0 Å². The Kier molecular flexibility index (Phi) is 5.76. The molecule has 0 amide bonds. The van der Waals surface area contributed by atoms with Crippen LogP contribution >= 0.6 is 0 Å². The Morgan fingerprint density at radius 1 is 1.00 bits per heavy atom. The van der Waals surface area contributed by atoms with E-state index in [0.717, 1.165) is 18.0 Å². The average Bonchev–Trinajstić information content (AvgIpc) is 2.38. The lowest BCUT2D eigenvalue weighted by molar-refractivity contribution is 0.0123. The third-order valence-corrected chi connectivity index (χ3v) is 6.07. The highest BCUT2D eigenvalue weighted by molar-refractivity contribution is 4.91. The van der Waals surface area contributed by atoms with Crippen molar-refractivity contribution in [2.24, 2.45) is 5.92 Å². The smallest absolute Gasteiger partial charge is 0.0158 e. The Bertz CT molecular complexity index is 324. The molecule has 0 bridgehead atoms. The molecule has 2 nitrogen and oxygen atoms in total. The zero-order valence-corrected chi connectivity index (χ0v) is 15.4. The molecule has 0 N–H and O–H groups in total. The highest BCUT2D eigenvalue weighted by Gasteiger charge is 2.36. The molecule has 0 spiro atoms. The van der Waals surface area contributed by atoms with Gasteiger partial charge in [0.25, 0.3) is 0 Å². The minimum absolute atomic E-state index is 0.379. The molecule has 124 valence electrons. The molecule has 0 aromatic carbocycles. The average molecular weight is 295 g/mol. The molecule has 0 radical (unpaired) electrons. The number of likely N-dealkylation sites (tertiary alicyclic amines) is 2. The van der Waals surface area contributed by atoms with Gasteiger partial charge in [-0.15, -0.1) is 0 Å². The molecule has 2 unspecified atom stereocenters. The van der Waals surface area contributed by atoms with Crippen LogP contribution in [0.15, 0.2) is 0 Å². The van der Waals surface area contributed by atoms with Crippen molar-refractivity contribution < 1.29 is 0 Å². The summed E-state index contributed by atoms with van der Waals surface area (Å²) in [6.45, 7) is 17.2. The highest BCUT2D eigenvalue weighted by atomic mass is 15.2. The standard InChI is InChI=1S/C19H38N2/c1-15(2)20-12-10-18(13-17(20)4)14-19(5,6)21-11-8-7-9-16(21)3/h15-18H,7-14H2,1-6H3/t16-,17?,18?/m0/s1. The second kappa shape index (κ2) is 7.00. The fourth-order valence-corrected chi connectivity index (χ4v) is 5.06. The van der Waals surface area contributed by atoms with Gasteiger partial charge >= 0.3 is 0 Å². The molecule has 0 aliphatic carbocycles. The first kappa shape index (κ1) is 17.3. The molecule has 2 heterocycles. The van der Waals surface area contributed by atoms with Gasteiger partial charge in [0, 0.05) is 23.7 Å². The SMILES string of the molecule is CC(C)N1CCC(CC(C)(C)N2CCCC[C@@H]2C)CC1C. The van der Waals surface area contributed by atoms with E-state index in [-0.39, 0.29) is 0 Å². The number of nitrogens with zero attached hydrogens (tertiary/aromatic N) is 2. The van der Waals surface area contributed by atoms with Crippen molar-refractivity contribution in [2.75, 3.05) is 13.1 Å². The number of rotatable bonds is 4. The van der Waals surface area contributed by atoms with Gasteiger partial charge in [0.15, 0.2) is 0 Å². The van der Waals surface area contributed by atoms with Crippen molar-refractivity contribution in [1.29, 1.82) is 0 Å². The maximum absolute atomic E-state index is 2.80. The molecule has 0 saturated carbocycles. The van der Waals surface area contributed by atoms with Crippen molar-refractivity contribution in [3.8, 4) is 0 Å². The van der Waals surface area contributed by atoms with E-state index in [1.807, 2.05) is 0 Å². The monoisotopic (exact) mass is 294 g/mol. The van der Waals surface area contributed by atoms with E-state index < -0.39 is 0 Å². The van der Waals surface area contributed by atoms with Crippen LogP contribution in [0.3, 0.4) is 0 Å². The Hall–Kier alpha value is -0.0800. The molecule has 0 aromatic rings. The first-order valence-electron chi connectivity index (χ1n) is 9.33. The number of hydrogen-bond donors (Lipinski definition) is 0. The zero-order chi connectivity index (χ0) is 15.6. The third-order valence-electron chi connectivity index (χ3n) is 6.07. The van der Waals surface area contributed by atoms with Crippen LogP contribution in [0, 0.1) is 5.92 Å². The molecular weight excluding hydrogens is 256 g/mol. The summed E-state index contributed by atoms with van der Waals surface area (Å²) in [4.78, 5) is 5.49. The Labute approximate surface area is 133 Å². The van der Waals surface area contributed by atoms with Crippen molar-refractivity contribution >= 4 is 0 Å². The van der Waals surface area contributed by atoms with Crippen molar-refractivity contribution in [1.82, 2.24) is 9.80 Å². The Morgan fingerprint density at radius 3 is 2.29 bits per heavy atom. The molecule has 2 saturated heterocycles. The van der Waals surface area contributed by atoms with Crippen LogP contribution in [0.25, 0.3) is 0 Å². The van der Waals surface area contributed by atoms with Crippen molar-refractivity contribution in [3.63, 3.8) is 0 Å². The fraction of sp³-hybridized carbons (Fsp3) is 1.00. The Balaban J connectivity index is 1.91. The van der Waals surface area contributed by atoms with E-state index >= 15 is 0 Å². The molecule has 0 aromatic heterocycles. The summed E-state index contributed by atoms with van der Waals surface area (Å²) in [6, 6.07) is 2.25. The van der Waals surface area contributed by atoms with E-state index in [9.17, 15) is 0 Å². The lowest BCUT2D eigenvalue weighted by Gasteiger charge is -2.48. The quantitative estimate of drug-likeness (QED) is 0.751. The Morgan fingerprint density at radius 2 is 1.71 bits per heavy atom. The van der Waals surface area contributed by atoms with Crippen molar-refractivity contribution in [2.45, 2.75) is 104 Å². The van der Waals surface area contributed by atoms with Gasteiger partial charge in [-0.05, 0) is 92.7 Å². The first-order chi connectivity index (χ1) is 9.81. The largest absolute Gasteiger partial charge is 0.298 e. The molecule has 2 rings (SSSR count). The summed E-state index contributed by atoms with van der Waals surface area (Å²) >= 11 is 0. The van der Waals surface area contributed by atoms with Crippen LogP contribution in [0.5, 0.6) is 0 Å². The minimum atomic E-state index is 0.379. The maximum atomic E-state index is 2.80. The fourth-order valence-electron chi connectivity index (χ4n) is 5.06. The van der Waals surface area contributed by atoms with Crippen LogP contribution in [-0.2, 0) is 0 Å². The molecule has 2 aliphatic heterocycles. The summed E-state index contributed by atoms with van der Waals surface area (Å²) in [6.07, 6.45) is 8.39. The number of hydrogen-bond acceptors (Lipinski definition) is 2. The van der Waals surface area contributed by atoms with Gasteiger partial charge in [-0.1, -0.05) is 6.42 Å². The van der Waals surface area contributed by atoms with Gasteiger partial charge in [0.1, 0.15) is 0 Å². The summed E-state index contributed by atoms with van der Waals surface area (Å²) < 4.78 is 0. The van der Waals surface area contributed by atoms with E-state index in [1.54, 1.807) is 0 Å². The van der Waals surface area contributed by atoms with E-state index in [0.29, 0.717) is 11.6 Å². The summed E-state index contributed by atoms with van der Waals surface area (Å²) in [5, 5.41) is 0. The van der Waals surface area contributed by atoms with Gasteiger partial charge < -0.3 is 0 Å². The van der Waals surface area contributed by atoms with Crippen LogP contribution in [0.1, 0.15) is 80.1 Å². The maximum Gasteiger partial charge on any atom is 0.0158 e. The predicted octanol–water partition coefficient (Wildman–Crippen LogP) is 4.54. The molecule has 3 atom stereocenters. The first-order valence-corrected chi connectivity index (χ1v) is 9.33. The van der Waals surface area contributed by atoms with Crippen LogP contribution in [-0.4, -0.2) is 46.6 Å². The van der Waals surface area contributed by atoms with Gasteiger partial charge in [0.2, 0.25) is 0 Å². The van der Waals surface area contributed by atoms with Gasteiger partial charge in [-0.3, -0.25) is 9.80 Å². The summed E-state index contributed by atoms with van der Waals surface area (Å²) in [5.41, 5.74) is 0.379. The molecule has 2 aliphatic rings. The highest BCUT2D eigenvalue weighted by Crippen LogP contribution is 2.35. The third kappa shape index (κ3) is 4.22. The van der Waals surface area contributed by atoms with Crippen LogP contribution in [0.4, 0.5) is 0 Å². The second-order valence-electron chi connectivity index (χ2n) is 8.63. The predicted molar refractivity (Wildman–Crippen MR) is 92.7 cm³/mol. The topological polar surface area (TPSA) is 6.48 Å². The van der Waals surface area contributed by atoms with Crippen LogP contribution in [0.2, 0.25) is 0 Å². The number of piperidine rings is 2. The minimum Gasteiger partial charge on any atom is -0.298 e. The molecule has 21 heavy (non-hydrogen) atoms.